The lowest BCUT2D eigenvalue weighted by Gasteiger charge is -2.21. The molecule has 0 N–H and O–H groups in total. The van der Waals surface area contributed by atoms with Gasteiger partial charge in [0.05, 0.1) is 12.7 Å². The van der Waals surface area contributed by atoms with E-state index in [1.54, 1.807) is 18.2 Å². The molecular weight excluding hydrogens is 381 g/mol. The van der Waals surface area contributed by atoms with Crippen molar-refractivity contribution in [3.05, 3.63) is 32.4 Å². The molecule has 0 unspecified atom stereocenters. The standard InChI is InChI=1S/C13H15ClINO3/c1-3-6-16(8-12(17)19-2)13(18)10-7-9(14)4-5-11(10)15/h4-5,7H,3,6,8H2,1-2H3. The van der Waals surface area contributed by atoms with E-state index < -0.39 is 5.97 Å². The highest BCUT2D eigenvalue weighted by Crippen LogP contribution is 2.19. The van der Waals surface area contributed by atoms with Crippen molar-refractivity contribution in [3.63, 3.8) is 0 Å². The molecule has 1 rings (SSSR count). The monoisotopic (exact) mass is 395 g/mol. The Hall–Kier alpha value is -0.820. The molecular formula is C13H15ClINO3. The van der Waals surface area contributed by atoms with E-state index in [4.69, 9.17) is 11.6 Å². The van der Waals surface area contributed by atoms with Crippen molar-refractivity contribution in [1.29, 1.82) is 0 Å². The first-order valence-corrected chi connectivity index (χ1v) is 7.26. The Morgan fingerprint density at radius 3 is 2.68 bits per heavy atom. The van der Waals surface area contributed by atoms with Crippen LogP contribution in [0, 0.1) is 3.57 Å². The summed E-state index contributed by atoms with van der Waals surface area (Å²) in [6.45, 7) is 2.39. The number of benzene rings is 1. The van der Waals surface area contributed by atoms with Crippen LogP contribution in [0.2, 0.25) is 5.02 Å². The Kier molecular flexibility index (Phi) is 6.57. The van der Waals surface area contributed by atoms with Crippen molar-refractivity contribution < 1.29 is 14.3 Å². The molecule has 0 fully saturated rings. The molecule has 0 saturated carbocycles. The molecule has 0 aromatic heterocycles. The van der Waals surface area contributed by atoms with E-state index in [-0.39, 0.29) is 12.5 Å². The maximum atomic E-state index is 12.4. The van der Waals surface area contributed by atoms with Crippen LogP contribution in [0.4, 0.5) is 0 Å². The first-order chi connectivity index (χ1) is 8.99. The number of nitrogens with zero attached hydrogens (tertiary/aromatic N) is 1. The Labute approximate surface area is 131 Å². The molecule has 104 valence electrons. The number of hydrogen-bond donors (Lipinski definition) is 0. The molecule has 0 atom stereocenters. The van der Waals surface area contributed by atoms with Gasteiger partial charge in [0.25, 0.3) is 5.91 Å². The van der Waals surface area contributed by atoms with Crippen LogP contribution in [0.3, 0.4) is 0 Å². The predicted octanol–water partition coefficient (Wildman–Crippen LogP) is 2.97. The van der Waals surface area contributed by atoms with Gasteiger partial charge in [0.2, 0.25) is 0 Å². The summed E-state index contributed by atoms with van der Waals surface area (Å²) in [5.41, 5.74) is 0.505. The van der Waals surface area contributed by atoms with Gasteiger partial charge in [-0.3, -0.25) is 9.59 Å². The summed E-state index contributed by atoms with van der Waals surface area (Å²) in [5, 5.41) is 0.498. The minimum atomic E-state index is -0.432. The van der Waals surface area contributed by atoms with Gasteiger partial charge in [0.1, 0.15) is 6.54 Å². The fourth-order valence-corrected chi connectivity index (χ4v) is 2.31. The molecule has 1 aromatic rings. The van der Waals surface area contributed by atoms with E-state index in [0.29, 0.717) is 17.1 Å². The van der Waals surface area contributed by atoms with E-state index in [0.717, 1.165) is 9.99 Å². The number of methoxy groups -OCH3 is 1. The summed E-state index contributed by atoms with van der Waals surface area (Å²) in [6, 6.07) is 5.12. The number of carbonyl (C=O) groups excluding carboxylic acids is 2. The first kappa shape index (κ1) is 16.2. The SMILES string of the molecule is CCCN(CC(=O)OC)C(=O)c1cc(Cl)ccc1I. The molecule has 0 heterocycles. The quantitative estimate of drug-likeness (QED) is 0.569. The van der Waals surface area contributed by atoms with Crippen LogP contribution in [0.1, 0.15) is 23.7 Å². The predicted molar refractivity (Wildman–Crippen MR) is 82.4 cm³/mol. The fourth-order valence-electron chi connectivity index (χ4n) is 1.57. The Bertz CT molecular complexity index is 479. The van der Waals surface area contributed by atoms with E-state index in [1.807, 2.05) is 6.92 Å². The van der Waals surface area contributed by atoms with Gasteiger partial charge in [-0.1, -0.05) is 18.5 Å². The highest BCUT2D eigenvalue weighted by Gasteiger charge is 2.20. The molecule has 4 nitrogen and oxygen atoms in total. The molecule has 0 spiro atoms. The second-order valence-electron chi connectivity index (χ2n) is 3.93. The van der Waals surface area contributed by atoms with Crippen molar-refractivity contribution in [1.82, 2.24) is 4.90 Å². The highest BCUT2D eigenvalue weighted by atomic mass is 127. The van der Waals surface area contributed by atoms with Crippen molar-refractivity contribution >= 4 is 46.1 Å². The molecule has 0 aliphatic rings. The third-order valence-corrected chi connectivity index (χ3v) is 3.66. The molecule has 0 radical (unpaired) electrons. The van der Waals surface area contributed by atoms with Gasteiger partial charge in [-0.15, -0.1) is 0 Å². The van der Waals surface area contributed by atoms with Crippen molar-refractivity contribution in [2.24, 2.45) is 0 Å². The van der Waals surface area contributed by atoms with Gasteiger partial charge in [-0.25, -0.2) is 0 Å². The van der Waals surface area contributed by atoms with Gasteiger partial charge < -0.3 is 9.64 Å². The molecule has 1 aromatic carbocycles. The summed E-state index contributed by atoms with van der Waals surface area (Å²) in [4.78, 5) is 25.2. The van der Waals surface area contributed by atoms with Gasteiger partial charge in [0.15, 0.2) is 0 Å². The van der Waals surface area contributed by atoms with E-state index in [9.17, 15) is 9.59 Å². The third-order valence-electron chi connectivity index (χ3n) is 2.49. The number of esters is 1. The van der Waals surface area contributed by atoms with E-state index in [2.05, 4.69) is 27.3 Å². The van der Waals surface area contributed by atoms with Gasteiger partial charge in [0, 0.05) is 15.1 Å². The maximum absolute atomic E-state index is 12.4. The molecule has 19 heavy (non-hydrogen) atoms. The Morgan fingerprint density at radius 1 is 1.42 bits per heavy atom. The van der Waals surface area contributed by atoms with Crippen LogP contribution in [-0.4, -0.2) is 37.0 Å². The first-order valence-electron chi connectivity index (χ1n) is 5.80. The largest absolute Gasteiger partial charge is 0.468 e. The number of rotatable bonds is 5. The van der Waals surface area contributed by atoms with Crippen LogP contribution in [0.5, 0.6) is 0 Å². The minimum Gasteiger partial charge on any atom is -0.468 e. The van der Waals surface area contributed by atoms with Gasteiger partial charge in [-0.05, 0) is 47.2 Å². The average Bonchev–Trinajstić information content (AvgIpc) is 2.40. The zero-order valence-electron chi connectivity index (χ0n) is 10.8. The number of ether oxygens (including phenoxy) is 1. The average molecular weight is 396 g/mol. The second-order valence-corrected chi connectivity index (χ2v) is 5.53. The second kappa shape index (κ2) is 7.69. The summed E-state index contributed by atoms with van der Waals surface area (Å²) < 4.78 is 5.41. The lowest BCUT2D eigenvalue weighted by Crippen LogP contribution is -2.37. The molecule has 0 aliphatic heterocycles. The highest BCUT2D eigenvalue weighted by molar-refractivity contribution is 14.1. The molecule has 0 aliphatic carbocycles. The zero-order valence-corrected chi connectivity index (χ0v) is 13.7. The van der Waals surface area contributed by atoms with Gasteiger partial charge in [-0.2, -0.15) is 0 Å². The molecule has 0 bridgehead atoms. The lowest BCUT2D eigenvalue weighted by atomic mass is 10.2. The Morgan fingerprint density at radius 2 is 2.11 bits per heavy atom. The summed E-state index contributed by atoms with van der Waals surface area (Å²) in [7, 11) is 1.31. The Balaban J connectivity index is 2.98. The molecule has 0 saturated heterocycles. The summed E-state index contributed by atoms with van der Waals surface area (Å²) in [6.07, 6.45) is 0.764. The minimum absolute atomic E-state index is 0.0498. The third kappa shape index (κ3) is 4.65. The van der Waals surface area contributed by atoms with Crippen LogP contribution in [0.25, 0.3) is 0 Å². The number of carbonyl (C=O) groups is 2. The zero-order chi connectivity index (χ0) is 14.4. The molecule has 1 amide bonds. The topological polar surface area (TPSA) is 46.6 Å². The van der Waals surface area contributed by atoms with Crippen LogP contribution >= 0.6 is 34.2 Å². The maximum Gasteiger partial charge on any atom is 0.325 e. The number of hydrogen-bond acceptors (Lipinski definition) is 3. The van der Waals surface area contributed by atoms with Crippen LogP contribution < -0.4 is 0 Å². The van der Waals surface area contributed by atoms with Crippen LogP contribution in [0.15, 0.2) is 18.2 Å². The number of halogens is 2. The van der Waals surface area contributed by atoms with Crippen molar-refractivity contribution in [3.8, 4) is 0 Å². The van der Waals surface area contributed by atoms with Crippen molar-refractivity contribution in [2.75, 3.05) is 20.2 Å². The smallest absolute Gasteiger partial charge is 0.325 e. The lowest BCUT2D eigenvalue weighted by molar-refractivity contribution is -0.141. The van der Waals surface area contributed by atoms with Crippen molar-refractivity contribution in [2.45, 2.75) is 13.3 Å². The molecule has 6 heteroatoms. The number of amides is 1. The van der Waals surface area contributed by atoms with E-state index >= 15 is 0 Å². The van der Waals surface area contributed by atoms with Gasteiger partial charge >= 0.3 is 5.97 Å². The van der Waals surface area contributed by atoms with E-state index in [1.165, 1.54) is 12.0 Å². The fraction of sp³-hybridized carbons (Fsp3) is 0.385. The normalized spacial score (nSPS) is 10.1. The van der Waals surface area contributed by atoms with Crippen LogP contribution in [-0.2, 0) is 9.53 Å². The summed E-state index contributed by atoms with van der Waals surface area (Å²) in [5.74, 6) is -0.641. The summed E-state index contributed by atoms with van der Waals surface area (Å²) >= 11 is 7.98.